The third kappa shape index (κ3) is 3.76. The second-order valence-corrected chi connectivity index (χ2v) is 5.30. The van der Waals surface area contributed by atoms with E-state index < -0.39 is 0 Å². The van der Waals surface area contributed by atoms with Crippen LogP contribution in [-0.4, -0.2) is 33.7 Å². The fourth-order valence-corrected chi connectivity index (χ4v) is 2.30. The number of hydrogen-bond donors (Lipinski definition) is 1. The summed E-state index contributed by atoms with van der Waals surface area (Å²) in [6, 6.07) is 1.13. The minimum absolute atomic E-state index is 0.561. The van der Waals surface area contributed by atoms with Crippen molar-refractivity contribution in [3.63, 3.8) is 0 Å². The number of nitrogens with zero attached hydrogens (tertiary/aromatic N) is 3. The van der Waals surface area contributed by atoms with Gasteiger partial charge in [0, 0.05) is 25.0 Å². The van der Waals surface area contributed by atoms with Gasteiger partial charge < -0.3 is 5.73 Å². The fourth-order valence-electron chi connectivity index (χ4n) is 1.71. The molecule has 4 nitrogen and oxygen atoms in total. The van der Waals surface area contributed by atoms with Crippen molar-refractivity contribution in [2.75, 3.05) is 12.3 Å². The van der Waals surface area contributed by atoms with E-state index >= 15 is 0 Å². The van der Waals surface area contributed by atoms with Crippen LogP contribution in [0.15, 0.2) is 0 Å². The number of nitrogen functional groups attached to an aromatic ring is 1. The average Bonchev–Trinajstić information content (AvgIpc) is 2.50. The summed E-state index contributed by atoms with van der Waals surface area (Å²) in [6.45, 7) is 9.88. The first-order valence-electron chi connectivity index (χ1n) is 5.34. The molecule has 1 aromatic rings. The summed E-state index contributed by atoms with van der Waals surface area (Å²) in [5.41, 5.74) is 5.54. The molecule has 0 amide bonds. The van der Waals surface area contributed by atoms with Gasteiger partial charge in [-0.2, -0.15) is 0 Å². The molecule has 0 bridgehead atoms. The highest BCUT2D eigenvalue weighted by atomic mass is 32.1. The molecular formula is C10H20N4S. The first-order chi connectivity index (χ1) is 7.00. The Morgan fingerprint density at radius 2 is 1.80 bits per heavy atom. The van der Waals surface area contributed by atoms with Gasteiger partial charge in [-0.05, 0) is 27.7 Å². The SMILES string of the molecule is CC(C)N(CCc1nnc(N)s1)C(C)C. The standard InChI is InChI=1S/C10H20N4S/c1-7(2)14(8(3)4)6-5-9-12-13-10(11)15-9/h7-8H,5-6H2,1-4H3,(H2,11,13). The number of aromatic nitrogens is 2. The Hall–Kier alpha value is -0.680. The van der Waals surface area contributed by atoms with E-state index in [1.165, 1.54) is 11.3 Å². The largest absolute Gasteiger partial charge is 0.374 e. The van der Waals surface area contributed by atoms with Crippen LogP contribution in [-0.2, 0) is 6.42 Å². The van der Waals surface area contributed by atoms with Crippen molar-refractivity contribution in [1.82, 2.24) is 15.1 Å². The zero-order valence-corrected chi connectivity index (χ0v) is 10.7. The van der Waals surface area contributed by atoms with E-state index in [2.05, 4.69) is 42.8 Å². The fraction of sp³-hybridized carbons (Fsp3) is 0.800. The first-order valence-corrected chi connectivity index (χ1v) is 6.16. The quantitative estimate of drug-likeness (QED) is 0.834. The van der Waals surface area contributed by atoms with E-state index in [1.54, 1.807) is 0 Å². The predicted octanol–water partition coefficient (Wildman–Crippen LogP) is 1.78. The van der Waals surface area contributed by atoms with Gasteiger partial charge in [0.25, 0.3) is 0 Å². The van der Waals surface area contributed by atoms with E-state index in [-0.39, 0.29) is 0 Å². The number of anilines is 1. The molecule has 0 saturated carbocycles. The molecule has 0 aromatic carbocycles. The molecule has 0 aliphatic rings. The first kappa shape index (κ1) is 12.4. The molecule has 1 aromatic heterocycles. The van der Waals surface area contributed by atoms with Crippen LogP contribution in [0.4, 0.5) is 5.13 Å². The zero-order chi connectivity index (χ0) is 11.4. The van der Waals surface area contributed by atoms with Gasteiger partial charge >= 0.3 is 0 Å². The van der Waals surface area contributed by atoms with Gasteiger partial charge in [0.1, 0.15) is 5.01 Å². The molecule has 1 rings (SSSR count). The monoisotopic (exact) mass is 228 g/mol. The highest BCUT2D eigenvalue weighted by Gasteiger charge is 2.13. The highest BCUT2D eigenvalue weighted by molar-refractivity contribution is 7.15. The lowest BCUT2D eigenvalue weighted by Crippen LogP contribution is -2.38. The van der Waals surface area contributed by atoms with Gasteiger partial charge in [0.05, 0.1) is 0 Å². The number of nitrogens with two attached hydrogens (primary N) is 1. The van der Waals surface area contributed by atoms with E-state index in [4.69, 9.17) is 5.73 Å². The zero-order valence-electron chi connectivity index (χ0n) is 9.90. The number of rotatable bonds is 5. The third-order valence-electron chi connectivity index (χ3n) is 2.39. The molecule has 15 heavy (non-hydrogen) atoms. The van der Waals surface area contributed by atoms with Crippen LogP contribution in [0.3, 0.4) is 0 Å². The molecular weight excluding hydrogens is 208 g/mol. The molecule has 0 spiro atoms. The summed E-state index contributed by atoms with van der Waals surface area (Å²) < 4.78 is 0. The van der Waals surface area contributed by atoms with E-state index in [1.807, 2.05) is 0 Å². The minimum atomic E-state index is 0.561. The summed E-state index contributed by atoms with van der Waals surface area (Å²) in [5, 5.41) is 9.42. The molecule has 0 saturated heterocycles. The highest BCUT2D eigenvalue weighted by Crippen LogP contribution is 2.13. The van der Waals surface area contributed by atoms with Gasteiger partial charge in [-0.25, -0.2) is 0 Å². The Bertz CT molecular complexity index is 287. The Balaban J connectivity index is 2.47. The summed E-state index contributed by atoms with van der Waals surface area (Å²) in [5.74, 6) is 0. The molecule has 5 heteroatoms. The van der Waals surface area contributed by atoms with Crippen LogP contribution in [0.1, 0.15) is 32.7 Å². The maximum Gasteiger partial charge on any atom is 0.203 e. The van der Waals surface area contributed by atoms with Crippen molar-refractivity contribution in [2.24, 2.45) is 0 Å². The average molecular weight is 228 g/mol. The van der Waals surface area contributed by atoms with Crippen molar-refractivity contribution >= 4 is 16.5 Å². The molecule has 0 atom stereocenters. The van der Waals surface area contributed by atoms with Crippen LogP contribution in [0.2, 0.25) is 0 Å². The van der Waals surface area contributed by atoms with Crippen molar-refractivity contribution < 1.29 is 0 Å². The maximum absolute atomic E-state index is 5.54. The molecule has 0 fully saturated rings. The Kier molecular flexibility index (Phi) is 4.47. The lowest BCUT2D eigenvalue weighted by Gasteiger charge is -2.29. The summed E-state index contributed by atoms with van der Waals surface area (Å²) in [4.78, 5) is 2.44. The second kappa shape index (κ2) is 5.42. The summed E-state index contributed by atoms with van der Waals surface area (Å²) in [6.07, 6.45) is 0.936. The topological polar surface area (TPSA) is 55.0 Å². The van der Waals surface area contributed by atoms with E-state index in [0.29, 0.717) is 17.2 Å². The molecule has 0 aliphatic carbocycles. The van der Waals surface area contributed by atoms with Crippen molar-refractivity contribution in [2.45, 2.75) is 46.2 Å². The molecule has 2 N–H and O–H groups in total. The van der Waals surface area contributed by atoms with Crippen LogP contribution in [0.25, 0.3) is 0 Å². The van der Waals surface area contributed by atoms with Gasteiger partial charge in [-0.3, -0.25) is 4.90 Å². The molecule has 1 heterocycles. The number of hydrogen-bond acceptors (Lipinski definition) is 5. The smallest absolute Gasteiger partial charge is 0.203 e. The molecule has 86 valence electrons. The second-order valence-electron chi connectivity index (χ2n) is 4.21. The van der Waals surface area contributed by atoms with Crippen molar-refractivity contribution in [1.29, 1.82) is 0 Å². The minimum Gasteiger partial charge on any atom is -0.374 e. The van der Waals surface area contributed by atoms with Crippen LogP contribution in [0, 0.1) is 0 Å². The van der Waals surface area contributed by atoms with Crippen LogP contribution >= 0.6 is 11.3 Å². The maximum atomic E-state index is 5.54. The molecule has 0 aliphatic heterocycles. The Morgan fingerprint density at radius 1 is 1.20 bits per heavy atom. The Labute approximate surface area is 95.5 Å². The van der Waals surface area contributed by atoms with Gasteiger partial charge in [-0.1, -0.05) is 11.3 Å². The lowest BCUT2D eigenvalue weighted by molar-refractivity contribution is 0.177. The van der Waals surface area contributed by atoms with Crippen LogP contribution in [0.5, 0.6) is 0 Å². The van der Waals surface area contributed by atoms with Gasteiger partial charge in [0.15, 0.2) is 0 Å². The third-order valence-corrected chi connectivity index (χ3v) is 3.21. The molecule has 0 unspecified atom stereocenters. The summed E-state index contributed by atoms with van der Waals surface area (Å²) >= 11 is 1.48. The van der Waals surface area contributed by atoms with Crippen molar-refractivity contribution in [3.8, 4) is 0 Å². The van der Waals surface area contributed by atoms with Crippen LogP contribution < -0.4 is 5.73 Å². The Morgan fingerprint density at radius 3 is 2.20 bits per heavy atom. The van der Waals surface area contributed by atoms with E-state index in [9.17, 15) is 0 Å². The summed E-state index contributed by atoms with van der Waals surface area (Å²) in [7, 11) is 0. The van der Waals surface area contributed by atoms with Crippen molar-refractivity contribution in [3.05, 3.63) is 5.01 Å². The van der Waals surface area contributed by atoms with E-state index in [0.717, 1.165) is 18.0 Å². The lowest BCUT2D eigenvalue weighted by atomic mass is 10.2. The normalized spacial score (nSPS) is 11.9. The van der Waals surface area contributed by atoms with Gasteiger partial charge in [-0.15, -0.1) is 10.2 Å². The molecule has 0 radical (unpaired) electrons. The van der Waals surface area contributed by atoms with Gasteiger partial charge in [0.2, 0.25) is 5.13 Å². The predicted molar refractivity (Wildman–Crippen MR) is 65.0 cm³/mol.